The van der Waals surface area contributed by atoms with Crippen LogP contribution in [0.4, 0.5) is 0 Å². The highest BCUT2D eigenvalue weighted by atomic mass is 16.3. The van der Waals surface area contributed by atoms with Gasteiger partial charge in [0.15, 0.2) is 0 Å². The van der Waals surface area contributed by atoms with E-state index in [2.05, 4.69) is 29.2 Å². The Morgan fingerprint density at radius 3 is 2.61 bits per heavy atom. The minimum absolute atomic E-state index is 0.344. The van der Waals surface area contributed by atoms with Crippen molar-refractivity contribution in [1.82, 2.24) is 4.98 Å². The van der Waals surface area contributed by atoms with Crippen LogP contribution in [0.25, 0.3) is 0 Å². The normalized spacial score (nSPS) is 23.7. The summed E-state index contributed by atoms with van der Waals surface area (Å²) in [5.74, 6) is 0.847. The molecule has 18 heavy (non-hydrogen) atoms. The Kier molecular flexibility index (Phi) is 2.88. The van der Waals surface area contributed by atoms with Crippen LogP contribution in [0.5, 0.6) is 0 Å². The second-order valence-corrected chi connectivity index (χ2v) is 5.09. The van der Waals surface area contributed by atoms with Gasteiger partial charge in [0, 0.05) is 11.9 Å². The summed E-state index contributed by atoms with van der Waals surface area (Å²) in [6.07, 6.45) is 2.47. The third-order valence-electron chi connectivity index (χ3n) is 3.75. The average Bonchev–Trinajstić information content (AvgIpc) is 3.20. The van der Waals surface area contributed by atoms with Gasteiger partial charge in [-0.3, -0.25) is 4.98 Å². The lowest BCUT2D eigenvalue weighted by Gasteiger charge is -2.10. The third-order valence-corrected chi connectivity index (χ3v) is 3.75. The second-order valence-electron chi connectivity index (χ2n) is 5.09. The molecule has 0 aliphatic heterocycles. The molecule has 0 bridgehead atoms. The number of benzene rings is 1. The Morgan fingerprint density at radius 1 is 1.17 bits per heavy atom. The van der Waals surface area contributed by atoms with Crippen LogP contribution < -0.4 is 0 Å². The number of hydrogen-bond donors (Lipinski definition) is 1. The maximum Gasteiger partial charge on any atom is 0.0839 e. The van der Waals surface area contributed by atoms with Crippen LogP contribution in [0.3, 0.4) is 0 Å². The van der Waals surface area contributed by atoms with Crippen LogP contribution in [0, 0.1) is 12.8 Å². The molecule has 2 nitrogen and oxygen atoms in total. The van der Waals surface area contributed by atoms with Crippen molar-refractivity contribution in [3.8, 4) is 0 Å². The molecule has 3 atom stereocenters. The number of rotatable bonds is 3. The number of aliphatic hydroxyl groups is 1. The zero-order valence-electron chi connectivity index (χ0n) is 10.5. The summed E-state index contributed by atoms with van der Waals surface area (Å²) in [6.45, 7) is 1.96. The molecule has 3 rings (SSSR count). The quantitative estimate of drug-likeness (QED) is 0.892. The van der Waals surface area contributed by atoms with E-state index < -0.39 is 0 Å². The summed E-state index contributed by atoms with van der Waals surface area (Å²) in [5, 5.41) is 10.3. The van der Waals surface area contributed by atoms with Crippen LogP contribution in [0.15, 0.2) is 48.7 Å². The van der Waals surface area contributed by atoms with Crippen LogP contribution in [0.1, 0.15) is 35.3 Å². The topological polar surface area (TPSA) is 33.1 Å². The molecule has 92 valence electrons. The molecule has 1 N–H and O–H groups in total. The van der Waals surface area contributed by atoms with Crippen molar-refractivity contribution in [2.45, 2.75) is 25.4 Å². The van der Waals surface area contributed by atoms with Crippen molar-refractivity contribution in [3.63, 3.8) is 0 Å². The van der Waals surface area contributed by atoms with Crippen molar-refractivity contribution in [2.24, 2.45) is 5.92 Å². The van der Waals surface area contributed by atoms with Crippen molar-refractivity contribution in [3.05, 3.63) is 65.5 Å². The Labute approximate surface area is 107 Å². The van der Waals surface area contributed by atoms with E-state index in [0.717, 1.165) is 17.7 Å². The standard InChI is InChI=1S/C16H17NO/c1-11-7-8-13(10-17-11)16(18)15-9-14(15)12-5-3-2-4-6-12/h2-8,10,14-16,18H,9H2,1H3. The van der Waals surface area contributed by atoms with Crippen LogP contribution in [-0.4, -0.2) is 10.1 Å². The van der Waals surface area contributed by atoms with Gasteiger partial charge in [-0.05, 0) is 42.4 Å². The first-order chi connectivity index (χ1) is 8.75. The molecular weight excluding hydrogens is 222 g/mol. The van der Waals surface area contributed by atoms with Gasteiger partial charge in [-0.15, -0.1) is 0 Å². The summed E-state index contributed by atoms with van der Waals surface area (Å²) in [6, 6.07) is 14.4. The largest absolute Gasteiger partial charge is 0.388 e. The summed E-state index contributed by atoms with van der Waals surface area (Å²) in [5.41, 5.74) is 3.26. The Balaban J connectivity index is 1.73. The molecule has 1 aliphatic rings. The van der Waals surface area contributed by atoms with Gasteiger partial charge in [0.05, 0.1) is 6.10 Å². The molecule has 1 heterocycles. The number of aliphatic hydroxyl groups excluding tert-OH is 1. The van der Waals surface area contributed by atoms with Gasteiger partial charge in [0.2, 0.25) is 0 Å². The Hall–Kier alpha value is -1.67. The van der Waals surface area contributed by atoms with E-state index in [0.29, 0.717) is 11.8 Å². The van der Waals surface area contributed by atoms with E-state index in [9.17, 15) is 5.11 Å². The van der Waals surface area contributed by atoms with Gasteiger partial charge in [-0.1, -0.05) is 36.4 Å². The second kappa shape index (κ2) is 4.54. The number of nitrogens with zero attached hydrogens (tertiary/aromatic N) is 1. The maximum absolute atomic E-state index is 10.3. The molecule has 1 saturated carbocycles. The highest BCUT2D eigenvalue weighted by molar-refractivity contribution is 5.29. The van der Waals surface area contributed by atoms with Crippen molar-refractivity contribution < 1.29 is 5.11 Å². The molecule has 0 radical (unpaired) electrons. The molecule has 0 amide bonds. The van der Waals surface area contributed by atoms with Crippen LogP contribution in [-0.2, 0) is 0 Å². The monoisotopic (exact) mass is 239 g/mol. The minimum atomic E-state index is -0.386. The first-order valence-corrected chi connectivity index (χ1v) is 6.41. The molecular formula is C16H17NO. The zero-order chi connectivity index (χ0) is 12.5. The minimum Gasteiger partial charge on any atom is -0.388 e. The highest BCUT2D eigenvalue weighted by Crippen LogP contribution is 2.53. The molecule has 1 aromatic heterocycles. The van der Waals surface area contributed by atoms with E-state index in [4.69, 9.17) is 0 Å². The summed E-state index contributed by atoms with van der Waals surface area (Å²) in [4.78, 5) is 4.25. The maximum atomic E-state index is 10.3. The van der Waals surface area contributed by atoms with E-state index in [1.54, 1.807) is 6.20 Å². The Bertz CT molecular complexity index is 521. The highest BCUT2D eigenvalue weighted by Gasteiger charge is 2.43. The molecule has 1 aliphatic carbocycles. The number of aryl methyl sites for hydroxylation is 1. The molecule has 1 fully saturated rings. The molecule has 0 saturated heterocycles. The predicted molar refractivity (Wildman–Crippen MR) is 71.2 cm³/mol. The van der Waals surface area contributed by atoms with Crippen LogP contribution >= 0.6 is 0 Å². The summed E-state index contributed by atoms with van der Waals surface area (Å²) >= 11 is 0. The number of pyridine rings is 1. The molecule has 2 aromatic rings. The third kappa shape index (κ3) is 2.16. The summed E-state index contributed by atoms with van der Waals surface area (Å²) < 4.78 is 0. The van der Waals surface area contributed by atoms with Gasteiger partial charge in [0.25, 0.3) is 0 Å². The molecule has 3 unspecified atom stereocenters. The fraction of sp³-hybridized carbons (Fsp3) is 0.312. The van der Waals surface area contributed by atoms with Gasteiger partial charge in [-0.25, -0.2) is 0 Å². The first kappa shape index (κ1) is 11.4. The number of aromatic nitrogens is 1. The summed E-state index contributed by atoms with van der Waals surface area (Å²) in [7, 11) is 0. The lowest BCUT2D eigenvalue weighted by Crippen LogP contribution is -2.02. The van der Waals surface area contributed by atoms with Crippen LogP contribution in [0.2, 0.25) is 0 Å². The first-order valence-electron chi connectivity index (χ1n) is 6.41. The fourth-order valence-corrected chi connectivity index (χ4v) is 2.55. The number of hydrogen-bond acceptors (Lipinski definition) is 2. The Morgan fingerprint density at radius 2 is 1.94 bits per heavy atom. The molecule has 1 aromatic carbocycles. The molecule has 2 heteroatoms. The van der Waals surface area contributed by atoms with E-state index in [1.807, 2.05) is 25.1 Å². The van der Waals surface area contributed by atoms with Crippen molar-refractivity contribution >= 4 is 0 Å². The lowest BCUT2D eigenvalue weighted by atomic mass is 10.0. The predicted octanol–water partition coefficient (Wildman–Crippen LogP) is 3.23. The van der Waals surface area contributed by atoms with Gasteiger partial charge in [0.1, 0.15) is 0 Å². The van der Waals surface area contributed by atoms with E-state index in [1.165, 1.54) is 5.56 Å². The van der Waals surface area contributed by atoms with E-state index >= 15 is 0 Å². The lowest BCUT2D eigenvalue weighted by molar-refractivity contribution is 0.151. The van der Waals surface area contributed by atoms with Crippen molar-refractivity contribution in [1.29, 1.82) is 0 Å². The fourth-order valence-electron chi connectivity index (χ4n) is 2.55. The SMILES string of the molecule is Cc1ccc(C(O)C2CC2c2ccccc2)cn1. The van der Waals surface area contributed by atoms with Gasteiger partial charge in [-0.2, -0.15) is 0 Å². The van der Waals surface area contributed by atoms with Crippen molar-refractivity contribution in [2.75, 3.05) is 0 Å². The smallest absolute Gasteiger partial charge is 0.0839 e. The zero-order valence-corrected chi connectivity index (χ0v) is 10.5. The van der Waals surface area contributed by atoms with Gasteiger partial charge < -0.3 is 5.11 Å². The van der Waals surface area contributed by atoms with E-state index in [-0.39, 0.29) is 6.10 Å². The average molecular weight is 239 g/mol. The molecule has 0 spiro atoms. The van der Waals surface area contributed by atoms with Gasteiger partial charge >= 0.3 is 0 Å².